The Bertz CT molecular complexity index is 689. The zero-order chi connectivity index (χ0) is 17.0. The Balaban J connectivity index is 0.00000288. The van der Waals surface area contributed by atoms with E-state index in [4.69, 9.17) is 5.73 Å². The fourth-order valence-corrected chi connectivity index (χ4v) is 1.76. The van der Waals surface area contributed by atoms with Gasteiger partial charge in [0.1, 0.15) is 0 Å². The third kappa shape index (κ3) is 4.93. The number of rotatable bonds is 5. The number of nitrogens with two attached hydrogens (primary N) is 1. The van der Waals surface area contributed by atoms with Crippen molar-refractivity contribution in [1.82, 2.24) is 20.3 Å². The zero-order valence-electron chi connectivity index (χ0n) is 12.7. The van der Waals surface area contributed by atoms with E-state index >= 15 is 0 Å². The second kappa shape index (κ2) is 8.11. The molecule has 1 aromatic heterocycles. The van der Waals surface area contributed by atoms with Gasteiger partial charge < -0.3 is 11.1 Å². The number of hydrogen-bond donors (Lipinski definition) is 2. The van der Waals surface area contributed by atoms with Gasteiger partial charge in [-0.1, -0.05) is 18.2 Å². The first kappa shape index (κ1) is 19.9. The predicted molar refractivity (Wildman–Crippen MR) is 84.2 cm³/mol. The van der Waals surface area contributed by atoms with E-state index < -0.39 is 17.6 Å². The van der Waals surface area contributed by atoms with Crippen LogP contribution in [-0.4, -0.2) is 34.0 Å². The maximum Gasteiger partial charge on any atom is 0.416 e. The van der Waals surface area contributed by atoms with Crippen LogP contribution in [0, 0.1) is 5.92 Å². The van der Waals surface area contributed by atoms with Crippen LogP contribution < -0.4 is 11.1 Å². The van der Waals surface area contributed by atoms with Gasteiger partial charge >= 0.3 is 6.18 Å². The van der Waals surface area contributed by atoms with E-state index in [9.17, 15) is 18.0 Å². The lowest BCUT2D eigenvalue weighted by Crippen LogP contribution is -2.31. The number of amides is 1. The Morgan fingerprint density at radius 2 is 2.12 bits per heavy atom. The van der Waals surface area contributed by atoms with Crippen LogP contribution in [-0.2, 0) is 6.18 Å². The summed E-state index contributed by atoms with van der Waals surface area (Å²) in [6.45, 7) is 2.68. The number of carbonyl (C=O) groups is 1. The Hall–Kier alpha value is -2.13. The van der Waals surface area contributed by atoms with Gasteiger partial charge in [0.15, 0.2) is 5.69 Å². The first-order valence-electron chi connectivity index (χ1n) is 6.89. The maximum atomic E-state index is 12.7. The molecule has 1 aromatic carbocycles. The van der Waals surface area contributed by atoms with Crippen LogP contribution in [0.15, 0.2) is 30.5 Å². The Morgan fingerprint density at radius 3 is 2.75 bits per heavy atom. The summed E-state index contributed by atoms with van der Waals surface area (Å²) in [6.07, 6.45) is -3.17. The quantitative estimate of drug-likeness (QED) is 0.851. The largest absolute Gasteiger partial charge is 0.416 e. The van der Waals surface area contributed by atoms with Gasteiger partial charge in [0.25, 0.3) is 5.91 Å². The molecule has 6 nitrogen and oxygen atoms in total. The molecule has 3 N–H and O–H groups in total. The lowest BCUT2D eigenvalue weighted by atomic mass is 10.2. The number of alkyl halides is 3. The van der Waals surface area contributed by atoms with Crippen molar-refractivity contribution in [3.05, 3.63) is 41.7 Å². The van der Waals surface area contributed by atoms with Crippen LogP contribution in [0.1, 0.15) is 23.0 Å². The highest BCUT2D eigenvalue weighted by Gasteiger charge is 2.30. The van der Waals surface area contributed by atoms with E-state index in [-0.39, 0.29) is 29.7 Å². The summed E-state index contributed by atoms with van der Waals surface area (Å²) in [5.74, 6) is -0.346. The highest BCUT2D eigenvalue weighted by molar-refractivity contribution is 5.91. The van der Waals surface area contributed by atoms with Crippen molar-refractivity contribution >= 4 is 18.3 Å². The summed E-state index contributed by atoms with van der Waals surface area (Å²) in [5, 5.41) is 10.0. The fourth-order valence-electron chi connectivity index (χ4n) is 1.76. The monoisotopic (exact) mass is 363 g/mol. The predicted octanol–water partition coefficient (Wildman–Crippen LogP) is 2.03. The molecule has 0 fully saturated rings. The lowest BCUT2D eigenvalue weighted by Gasteiger charge is -2.08. The molecule has 0 spiro atoms. The molecule has 0 bridgehead atoms. The van der Waals surface area contributed by atoms with Crippen LogP contribution in [0.2, 0.25) is 0 Å². The number of nitrogens with one attached hydrogen (secondary N) is 1. The molecular formula is C14H17ClF3N5O. The molecule has 1 heterocycles. The van der Waals surface area contributed by atoms with Crippen LogP contribution in [0.25, 0.3) is 5.69 Å². The molecule has 24 heavy (non-hydrogen) atoms. The van der Waals surface area contributed by atoms with Crippen molar-refractivity contribution in [2.75, 3.05) is 13.1 Å². The van der Waals surface area contributed by atoms with Gasteiger partial charge in [-0.3, -0.25) is 4.79 Å². The molecule has 10 heteroatoms. The first-order valence-corrected chi connectivity index (χ1v) is 6.89. The summed E-state index contributed by atoms with van der Waals surface area (Å²) < 4.78 is 39.2. The van der Waals surface area contributed by atoms with E-state index in [2.05, 4.69) is 15.6 Å². The van der Waals surface area contributed by atoms with Crippen LogP contribution >= 0.6 is 12.4 Å². The average Bonchev–Trinajstić information content (AvgIpc) is 3.01. The molecular weight excluding hydrogens is 347 g/mol. The normalized spacial score (nSPS) is 12.4. The average molecular weight is 364 g/mol. The first-order chi connectivity index (χ1) is 10.8. The molecule has 0 aliphatic rings. The molecule has 1 amide bonds. The van der Waals surface area contributed by atoms with E-state index in [1.54, 1.807) is 0 Å². The molecule has 0 saturated heterocycles. The molecule has 0 saturated carbocycles. The Morgan fingerprint density at radius 1 is 1.42 bits per heavy atom. The number of benzene rings is 1. The SMILES string of the molecule is CC(CN)CNC(=O)c1cn(-c2cccc(C(F)(F)F)c2)nn1.Cl. The number of aromatic nitrogens is 3. The van der Waals surface area contributed by atoms with Crippen LogP contribution in [0.3, 0.4) is 0 Å². The summed E-state index contributed by atoms with van der Waals surface area (Å²) >= 11 is 0. The third-order valence-corrected chi connectivity index (χ3v) is 3.18. The van der Waals surface area contributed by atoms with Gasteiger partial charge in [-0.15, -0.1) is 17.5 Å². The molecule has 2 aromatic rings. The number of carbonyl (C=O) groups excluding carboxylic acids is 1. The van der Waals surface area contributed by atoms with Gasteiger partial charge in [0, 0.05) is 6.54 Å². The van der Waals surface area contributed by atoms with Crippen molar-refractivity contribution in [3.8, 4) is 5.69 Å². The lowest BCUT2D eigenvalue weighted by molar-refractivity contribution is -0.137. The van der Waals surface area contributed by atoms with Gasteiger partial charge in [-0.05, 0) is 30.7 Å². The number of nitrogens with zero attached hydrogens (tertiary/aromatic N) is 3. The zero-order valence-corrected chi connectivity index (χ0v) is 13.6. The van der Waals surface area contributed by atoms with E-state index in [0.717, 1.165) is 16.8 Å². The molecule has 132 valence electrons. The van der Waals surface area contributed by atoms with E-state index in [1.807, 2.05) is 6.92 Å². The van der Waals surface area contributed by atoms with E-state index in [0.29, 0.717) is 13.1 Å². The summed E-state index contributed by atoms with van der Waals surface area (Å²) in [4.78, 5) is 11.9. The molecule has 0 aliphatic carbocycles. The van der Waals surface area contributed by atoms with E-state index in [1.165, 1.54) is 18.3 Å². The maximum absolute atomic E-state index is 12.7. The molecule has 2 rings (SSSR count). The summed E-state index contributed by atoms with van der Waals surface area (Å²) in [7, 11) is 0. The number of hydrogen-bond acceptors (Lipinski definition) is 4. The summed E-state index contributed by atoms with van der Waals surface area (Å²) in [6, 6.07) is 4.61. The molecule has 1 atom stereocenters. The Labute approximate surface area is 142 Å². The van der Waals surface area contributed by atoms with Crippen LogP contribution in [0.5, 0.6) is 0 Å². The minimum Gasteiger partial charge on any atom is -0.350 e. The Kier molecular flexibility index (Phi) is 6.73. The summed E-state index contributed by atoms with van der Waals surface area (Å²) in [5.41, 5.74) is 4.84. The highest BCUT2D eigenvalue weighted by atomic mass is 35.5. The number of halogens is 4. The van der Waals surface area contributed by atoms with Crippen molar-refractivity contribution in [2.24, 2.45) is 11.7 Å². The van der Waals surface area contributed by atoms with Gasteiger partial charge in [0.2, 0.25) is 0 Å². The van der Waals surface area contributed by atoms with Crippen LogP contribution in [0.4, 0.5) is 13.2 Å². The highest BCUT2D eigenvalue weighted by Crippen LogP contribution is 2.30. The van der Waals surface area contributed by atoms with Gasteiger partial charge in [0.05, 0.1) is 17.4 Å². The third-order valence-electron chi connectivity index (χ3n) is 3.18. The minimum absolute atomic E-state index is 0. The second-order valence-corrected chi connectivity index (χ2v) is 5.15. The van der Waals surface area contributed by atoms with Gasteiger partial charge in [-0.2, -0.15) is 13.2 Å². The van der Waals surface area contributed by atoms with Crippen molar-refractivity contribution < 1.29 is 18.0 Å². The van der Waals surface area contributed by atoms with Crippen molar-refractivity contribution in [2.45, 2.75) is 13.1 Å². The topological polar surface area (TPSA) is 85.8 Å². The van der Waals surface area contributed by atoms with Crippen molar-refractivity contribution in [1.29, 1.82) is 0 Å². The minimum atomic E-state index is -4.45. The molecule has 1 unspecified atom stereocenters. The molecule has 0 aliphatic heterocycles. The smallest absolute Gasteiger partial charge is 0.350 e. The van der Waals surface area contributed by atoms with Crippen molar-refractivity contribution in [3.63, 3.8) is 0 Å². The fraction of sp³-hybridized carbons (Fsp3) is 0.357. The standard InChI is InChI=1S/C14H16F3N5O.ClH/c1-9(6-18)7-19-13(23)12-8-22(21-20-12)11-4-2-3-10(5-11)14(15,16)17;/h2-5,8-9H,6-7,18H2,1H3,(H,19,23);1H. The molecule has 0 radical (unpaired) electrons. The second-order valence-electron chi connectivity index (χ2n) is 5.15. The van der Waals surface area contributed by atoms with Gasteiger partial charge in [-0.25, -0.2) is 4.68 Å².